The zero-order valence-corrected chi connectivity index (χ0v) is 15.9. The lowest BCUT2D eigenvalue weighted by molar-refractivity contribution is 0.614. The SMILES string of the molecule is Fc1cnc(Nc2nc3c(s2)CCN(Cc2cccc(F)c2)c2[nH]ncc2-3)nc1. The predicted molar refractivity (Wildman–Crippen MR) is 106 cm³/mol. The highest BCUT2D eigenvalue weighted by atomic mass is 32.1. The van der Waals surface area contributed by atoms with Crippen LogP contribution in [0.4, 0.5) is 25.7 Å². The number of aromatic amines is 1. The summed E-state index contributed by atoms with van der Waals surface area (Å²) in [4.78, 5) is 15.7. The smallest absolute Gasteiger partial charge is 0.229 e. The van der Waals surface area contributed by atoms with E-state index in [0.29, 0.717) is 11.7 Å². The van der Waals surface area contributed by atoms with Crippen LogP contribution in [0.15, 0.2) is 42.9 Å². The minimum atomic E-state index is -0.494. The normalized spacial score (nSPS) is 13.0. The second kappa shape index (κ2) is 7.21. The highest BCUT2D eigenvalue weighted by molar-refractivity contribution is 7.16. The number of aromatic nitrogens is 5. The Kier molecular flexibility index (Phi) is 4.39. The van der Waals surface area contributed by atoms with Crippen molar-refractivity contribution in [2.45, 2.75) is 13.0 Å². The fourth-order valence-corrected chi connectivity index (χ4v) is 4.27. The second-order valence-electron chi connectivity index (χ2n) is 6.57. The summed E-state index contributed by atoms with van der Waals surface area (Å²) in [6, 6.07) is 6.60. The van der Waals surface area contributed by atoms with Gasteiger partial charge in [-0.2, -0.15) is 5.10 Å². The molecule has 0 aliphatic carbocycles. The van der Waals surface area contributed by atoms with E-state index in [1.54, 1.807) is 18.3 Å². The summed E-state index contributed by atoms with van der Waals surface area (Å²) < 4.78 is 26.6. The van der Waals surface area contributed by atoms with Crippen molar-refractivity contribution < 1.29 is 8.78 Å². The molecule has 10 heteroatoms. The Balaban J connectivity index is 1.43. The molecular weight excluding hydrogens is 396 g/mol. The fraction of sp³-hybridized carbons (Fsp3) is 0.158. The molecule has 0 saturated heterocycles. The number of benzene rings is 1. The minimum Gasteiger partial charge on any atom is -0.352 e. The number of anilines is 3. The molecule has 4 aromatic rings. The van der Waals surface area contributed by atoms with E-state index in [1.807, 2.05) is 6.07 Å². The number of halogens is 2. The number of H-pyrrole nitrogens is 1. The summed E-state index contributed by atoms with van der Waals surface area (Å²) >= 11 is 1.50. The van der Waals surface area contributed by atoms with Gasteiger partial charge in [-0.05, 0) is 17.7 Å². The molecule has 0 unspecified atom stereocenters. The van der Waals surface area contributed by atoms with Gasteiger partial charge < -0.3 is 10.2 Å². The van der Waals surface area contributed by atoms with Gasteiger partial charge in [0.25, 0.3) is 0 Å². The van der Waals surface area contributed by atoms with Crippen molar-refractivity contribution in [2.24, 2.45) is 0 Å². The van der Waals surface area contributed by atoms with E-state index in [9.17, 15) is 8.78 Å². The maximum absolute atomic E-state index is 13.6. The van der Waals surface area contributed by atoms with Gasteiger partial charge in [0.1, 0.15) is 11.6 Å². The Labute approximate surface area is 168 Å². The molecule has 0 atom stereocenters. The largest absolute Gasteiger partial charge is 0.352 e. The molecule has 7 nitrogen and oxygen atoms in total. The summed E-state index contributed by atoms with van der Waals surface area (Å²) in [5, 5.41) is 10.9. The predicted octanol–water partition coefficient (Wildman–Crippen LogP) is 3.91. The molecule has 1 aromatic carbocycles. The Morgan fingerprint density at radius 2 is 2.00 bits per heavy atom. The molecule has 0 saturated carbocycles. The van der Waals surface area contributed by atoms with Crippen molar-refractivity contribution in [2.75, 3.05) is 16.8 Å². The van der Waals surface area contributed by atoms with Crippen molar-refractivity contribution in [3.8, 4) is 11.3 Å². The first-order chi connectivity index (χ1) is 14.2. The molecule has 0 spiro atoms. The third kappa shape index (κ3) is 3.54. The summed E-state index contributed by atoms with van der Waals surface area (Å²) in [7, 11) is 0. The lowest BCUT2D eigenvalue weighted by Crippen LogP contribution is -2.25. The molecule has 0 bridgehead atoms. The topological polar surface area (TPSA) is 82.6 Å². The summed E-state index contributed by atoms with van der Waals surface area (Å²) in [6.45, 7) is 1.30. The number of rotatable bonds is 4. The monoisotopic (exact) mass is 411 g/mol. The zero-order chi connectivity index (χ0) is 19.8. The first-order valence-electron chi connectivity index (χ1n) is 8.93. The van der Waals surface area contributed by atoms with Crippen molar-refractivity contribution in [3.63, 3.8) is 0 Å². The van der Waals surface area contributed by atoms with Crippen LogP contribution in [-0.4, -0.2) is 31.7 Å². The van der Waals surface area contributed by atoms with Crippen LogP contribution in [0.3, 0.4) is 0 Å². The van der Waals surface area contributed by atoms with Crippen LogP contribution >= 0.6 is 11.3 Å². The number of hydrogen-bond acceptors (Lipinski definition) is 7. The third-order valence-corrected chi connectivity index (χ3v) is 5.63. The second-order valence-corrected chi connectivity index (χ2v) is 7.66. The van der Waals surface area contributed by atoms with Gasteiger partial charge in [-0.15, -0.1) is 11.3 Å². The molecule has 0 fully saturated rings. The first-order valence-corrected chi connectivity index (χ1v) is 9.75. The van der Waals surface area contributed by atoms with E-state index in [2.05, 4.69) is 35.4 Å². The number of thiazole rings is 1. The average Bonchev–Trinajstić information content (AvgIpc) is 3.31. The quantitative estimate of drug-likeness (QED) is 0.530. The molecule has 1 aliphatic rings. The maximum Gasteiger partial charge on any atom is 0.229 e. The van der Waals surface area contributed by atoms with E-state index >= 15 is 0 Å². The summed E-state index contributed by atoms with van der Waals surface area (Å²) in [6.07, 6.45) is 4.73. The number of nitrogens with one attached hydrogen (secondary N) is 2. The van der Waals surface area contributed by atoms with E-state index in [0.717, 1.165) is 52.9 Å². The Morgan fingerprint density at radius 1 is 1.14 bits per heavy atom. The highest BCUT2D eigenvalue weighted by Crippen LogP contribution is 2.39. The molecule has 29 heavy (non-hydrogen) atoms. The molecule has 146 valence electrons. The van der Waals surface area contributed by atoms with Crippen LogP contribution in [-0.2, 0) is 13.0 Å². The molecule has 1 aliphatic heterocycles. The lowest BCUT2D eigenvalue weighted by Gasteiger charge is -2.22. The Bertz CT molecular complexity index is 1160. The minimum absolute atomic E-state index is 0.248. The van der Waals surface area contributed by atoms with E-state index in [1.165, 1.54) is 17.4 Å². The van der Waals surface area contributed by atoms with Gasteiger partial charge in [-0.3, -0.25) is 5.10 Å². The fourth-order valence-electron chi connectivity index (χ4n) is 3.31. The van der Waals surface area contributed by atoms with Gasteiger partial charge in [-0.1, -0.05) is 12.1 Å². The van der Waals surface area contributed by atoms with Gasteiger partial charge in [0, 0.05) is 24.4 Å². The van der Waals surface area contributed by atoms with Crippen molar-refractivity contribution >= 4 is 28.2 Å². The standard InChI is InChI=1S/C19H15F2N7S/c20-12-3-1-2-11(6-12)10-28-5-4-15-16(14-9-24-27-17(14)28)25-19(29-15)26-18-22-7-13(21)8-23-18/h1-3,6-9H,4-5,10H2,(H,24,27)(H,22,23,25,26). The molecule has 5 rings (SSSR count). The van der Waals surface area contributed by atoms with Gasteiger partial charge in [0.05, 0.1) is 29.8 Å². The maximum atomic E-state index is 13.6. The van der Waals surface area contributed by atoms with Crippen molar-refractivity contribution in [1.29, 1.82) is 0 Å². The highest BCUT2D eigenvalue weighted by Gasteiger charge is 2.25. The molecule has 3 aromatic heterocycles. The van der Waals surface area contributed by atoms with Crippen LogP contribution in [0.5, 0.6) is 0 Å². The summed E-state index contributed by atoms with van der Waals surface area (Å²) in [5.41, 5.74) is 2.61. The molecule has 0 radical (unpaired) electrons. The van der Waals surface area contributed by atoms with E-state index < -0.39 is 5.82 Å². The average molecular weight is 411 g/mol. The van der Waals surface area contributed by atoms with E-state index in [-0.39, 0.29) is 11.8 Å². The molecule has 0 amide bonds. The lowest BCUT2D eigenvalue weighted by atomic mass is 10.2. The van der Waals surface area contributed by atoms with Gasteiger partial charge >= 0.3 is 0 Å². The molecule has 2 N–H and O–H groups in total. The van der Waals surface area contributed by atoms with Crippen LogP contribution in [0.1, 0.15) is 10.4 Å². The molecular formula is C19H15F2N7S. The zero-order valence-electron chi connectivity index (χ0n) is 15.1. The van der Waals surface area contributed by atoms with Crippen molar-refractivity contribution in [1.82, 2.24) is 25.1 Å². The Hall–Kier alpha value is -3.40. The summed E-state index contributed by atoms with van der Waals surface area (Å²) in [5.74, 6) is 0.395. The first kappa shape index (κ1) is 17.7. The van der Waals surface area contributed by atoms with Crippen LogP contribution in [0, 0.1) is 11.6 Å². The number of hydrogen-bond donors (Lipinski definition) is 2. The van der Waals surface area contributed by atoms with Crippen molar-refractivity contribution in [3.05, 3.63) is 64.9 Å². The Morgan fingerprint density at radius 3 is 2.83 bits per heavy atom. The van der Waals surface area contributed by atoms with Crippen LogP contribution in [0.25, 0.3) is 11.3 Å². The molecule has 4 heterocycles. The van der Waals surface area contributed by atoms with Gasteiger partial charge in [0.2, 0.25) is 5.95 Å². The van der Waals surface area contributed by atoms with Gasteiger partial charge in [-0.25, -0.2) is 23.7 Å². The van der Waals surface area contributed by atoms with Crippen LogP contribution in [0.2, 0.25) is 0 Å². The van der Waals surface area contributed by atoms with Gasteiger partial charge in [0.15, 0.2) is 10.9 Å². The van der Waals surface area contributed by atoms with E-state index in [4.69, 9.17) is 0 Å². The number of nitrogens with zero attached hydrogens (tertiary/aromatic N) is 5. The third-order valence-electron chi connectivity index (χ3n) is 4.60. The van der Waals surface area contributed by atoms with Crippen LogP contribution < -0.4 is 10.2 Å². The number of fused-ring (bicyclic) bond motifs is 3.